The second-order valence-electron chi connectivity index (χ2n) is 5.03. The lowest BCUT2D eigenvalue weighted by molar-refractivity contribution is 0.327. The van der Waals surface area contributed by atoms with Gasteiger partial charge in [0.2, 0.25) is 0 Å². The van der Waals surface area contributed by atoms with Crippen molar-refractivity contribution in [1.29, 1.82) is 0 Å². The van der Waals surface area contributed by atoms with E-state index in [4.69, 9.17) is 0 Å². The number of benzene rings is 1. The summed E-state index contributed by atoms with van der Waals surface area (Å²) in [7, 11) is 0. The van der Waals surface area contributed by atoms with Crippen LogP contribution in [0.4, 0.5) is 0 Å². The van der Waals surface area contributed by atoms with Gasteiger partial charge in [-0.2, -0.15) is 5.10 Å². The number of aromatic amines is 1. The number of hydrogen-bond donors (Lipinski definition) is 2. The van der Waals surface area contributed by atoms with E-state index in [9.17, 15) is 0 Å². The molecule has 1 atom stereocenters. The third kappa shape index (κ3) is 1.95. The molecular formula is C14H19N3. The van der Waals surface area contributed by atoms with Crippen molar-refractivity contribution in [2.75, 3.05) is 13.1 Å². The van der Waals surface area contributed by atoms with Gasteiger partial charge in [0.15, 0.2) is 0 Å². The van der Waals surface area contributed by atoms with Gasteiger partial charge in [-0.05, 0) is 37.9 Å². The maximum atomic E-state index is 4.39. The zero-order valence-electron chi connectivity index (χ0n) is 10.2. The maximum Gasteiger partial charge on any atom is 0.0923 e. The zero-order chi connectivity index (χ0) is 11.7. The number of nitrogens with one attached hydrogen (secondary N) is 2. The Kier molecular flexibility index (Phi) is 2.85. The van der Waals surface area contributed by atoms with Gasteiger partial charge in [0.05, 0.1) is 5.52 Å². The summed E-state index contributed by atoms with van der Waals surface area (Å²) in [6, 6.07) is 8.38. The molecular weight excluding hydrogens is 210 g/mol. The topological polar surface area (TPSA) is 40.7 Å². The lowest BCUT2D eigenvalue weighted by atomic mass is 9.83. The van der Waals surface area contributed by atoms with Gasteiger partial charge in [0.25, 0.3) is 0 Å². The van der Waals surface area contributed by atoms with Crippen molar-refractivity contribution in [2.24, 2.45) is 5.92 Å². The Morgan fingerprint density at radius 2 is 2.00 bits per heavy atom. The van der Waals surface area contributed by atoms with E-state index in [1.807, 2.05) is 6.07 Å². The lowest BCUT2D eigenvalue weighted by Gasteiger charge is -2.27. The molecule has 3 nitrogen and oxygen atoms in total. The second kappa shape index (κ2) is 4.49. The zero-order valence-corrected chi connectivity index (χ0v) is 10.2. The predicted octanol–water partition coefficient (Wildman–Crippen LogP) is 2.67. The molecule has 0 bridgehead atoms. The average molecular weight is 229 g/mol. The molecule has 1 saturated heterocycles. The van der Waals surface area contributed by atoms with Crippen LogP contribution < -0.4 is 5.32 Å². The molecule has 90 valence electrons. The Bertz CT molecular complexity index is 497. The number of H-pyrrole nitrogens is 1. The predicted molar refractivity (Wildman–Crippen MR) is 70.1 cm³/mol. The number of para-hydroxylation sites is 1. The number of aromatic nitrogens is 2. The summed E-state index contributed by atoms with van der Waals surface area (Å²) >= 11 is 0. The van der Waals surface area contributed by atoms with Crippen molar-refractivity contribution in [3.05, 3.63) is 30.0 Å². The van der Waals surface area contributed by atoms with E-state index in [-0.39, 0.29) is 0 Å². The van der Waals surface area contributed by atoms with Crippen LogP contribution in [0, 0.1) is 5.92 Å². The molecule has 3 rings (SSSR count). The van der Waals surface area contributed by atoms with E-state index in [0.717, 1.165) is 24.5 Å². The minimum absolute atomic E-state index is 0.574. The number of fused-ring (bicyclic) bond motifs is 1. The number of hydrogen-bond acceptors (Lipinski definition) is 2. The fraction of sp³-hybridized carbons (Fsp3) is 0.500. The molecule has 1 aliphatic heterocycles. The van der Waals surface area contributed by atoms with Crippen molar-refractivity contribution in [3.8, 4) is 0 Å². The molecule has 1 fully saturated rings. The largest absolute Gasteiger partial charge is 0.317 e. The van der Waals surface area contributed by atoms with Crippen LogP contribution in [0.2, 0.25) is 0 Å². The van der Waals surface area contributed by atoms with Crippen LogP contribution in [0.15, 0.2) is 24.3 Å². The Morgan fingerprint density at radius 3 is 2.82 bits per heavy atom. The molecule has 0 saturated carbocycles. The third-order valence-electron chi connectivity index (χ3n) is 4.04. The van der Waals surface area contributed by atoms with E-state index < -0.39 is 0 Å². The minimum Gasteiger partial charge on any atom is -0.317 e. The monoisotopic (exact) mass is 229 g/mol. The van der Waals surface area contributed by atoms with Crippen LogP contribution in [0.25, 0.3) is 10.9 Å². The van der Waals surface area contributed by atoms with Gasteiger partial charge in [-0.15, -0.1) is 0 Å². The van der Waals surface area contributed by atoms with Crippen LogP contribution in [-0.2, 0) is 0 Å². The molecule has 0 aliphatic carbocycles. The van der Waals surface area contributed by atoms with Gasteiger partial charge in [0.1, 0.15) is 0 Å². The van der Waals surface area contributed by atoms with Gasteiger partial charge in [-0.25, -0.2) is 0 Å². The van der Waals surface area contributed by atoms with Crippen molar-refractivity contribution in [3.63, 3.8) is 0 Å². The molecule has 0 spiro atoms. The smallest absolute Gasteiger partial charge is 0.0923 e. The Hall–Kier alpha value is -1.35. The standard InChI is InChI=1S/C14H19N3/c1-10(11-6-8-15-9-7-11)14-12-4-2-3-5-13(12)16-17-14/h2-5,10-11,15H,6-9H2,1H3,(H,16,17). The molecule has 0 radical (unpaired) electrons. The van der Waals surface area contributed by atoms with Crippen LogP contribution >= 0.6 is 0 Å². The lowest BCUT2D eigenvalue weighted by Crippen LogP contribution is -2.30. The Labute approximate surface area is 102 Å². The van der Waals surface area contributed by atoms with Gasteiger partial charge < -0.3 is 5.32 Å². The van der Waals surface area contributed by atoms with E-state index in [2.05, 4.69) is 40.6 Å². The Morgan fingerprint density at radius 1 is 1.24 bits per heavy atom. The first kappa shape index (κ1) is 10.8. The normalized spacial score (nSPS) is 19.6. The van der Waals surface area contributed by atoms with E-state index in [1.54, 1.807) is 0 Å². The van der Waals surface area contributed by atoms with Crippen molar-refractivity contribution in [1.82, 2.24) is 15.5 Å². The highest BCUT2D eigenvalue weighted by Crippen LogP contribution is 2.32. The highest BCUT2D eigenvalue weighted by molar-refractivity contribution is 5.81. The van der Waals surface area contributed by atoms with Gasteiger partial charge in [0, 0.05) is 17.0 Å². The molecule has 2 aromatic rings. The van der Waals surface area contributed by atoms with E-state index in [1.165, 1.54) is 23.9 Å². The number of nitrogens with zero attached hydrogens (tertiary/aromatic N) is 1. The molecule has 2 N–H and O–H groups in total. The first-order valence-corrected chi connectivity index (χ1v) is 6.50. The summed E-state index contributed by atoms with van der Waals surface area (Å²) in [5.74, 6) is 1.35. The highest BCUT2D eigenvalue weighted by Gasteiger charge is 2.23. The van der Waals surface area contributed by atoms with Gasteiger partial charge in [-0.1, -0.05) is 25.1 Å². The summed E-state index contributed by atoms with van der Waals surface area (Å²) < 4.78 is 0. The molecule has 1 aromatic heterocycles. The summed E-state index contributed by atoms with van der Waals surface area (Å²) in [4.78, 5) is 0. The first-order chi connectivity index (χ1) is 8.36. The average Bonchev–Trinajstić information content (AvgIpc) is 2.83. The van der Waals surface area contributed by atoms with Crippen molar-refractivity contribution in [2.45, 2.75) is 25.7 Å². The molecule has 0 amide bonds. The summed E-state index contributed by atoms with van der Waals surface area (Å²) in [6.45, 7) is 4.64. The molecule has 1 aliphatic rings. The highest BCUT2D eigenvalue weighted by atomic mass is 15.1. The number of rotatable bonds is 2. The first-order valence-electron chi connectivity index (χ1n) is 6.50. The maximum absolute atomic E-state index is 4.39. The fourth-order valence-corrected chi connectivity index (χ4v) is 2.91. The van der Waals surface area contributed by atoms with Crippen molar-refractivity contribution >= 4 is 10.9 Å². The van der Waals surface area contributed by atoms with Gasteiger partial charge in [-0.3, -0.25) is 5.10 Å². The van der Waals surface area contributed by atoms with Gasteiger partial charge >= 0.3 is 0 Å². The third-order valence-corrected chi connectivity index (χ3v) is 4.04. The molecule has 1 unspecified atom stereocenters. The van der Waals surface area contributed by atoms with E-state index >= 15 is 0 Å². The summed E-state index contributed by atoms with van der Waals surface area (Å²) in [5, 5.41) is 12.4. The summed E-state index contributed by atoms with van der Waals surface area (Å²) in [6.07, 6.45) is 2.54. The van der Waals surface area contributed by atoms with E-state index in [0.29, 0.717) is 5.92 Å². The molecule has 2 heterocycles. The summed E-state index contributed by atoms with van der Waals surface area (Å²) in [5.41, 5.74) is 2.40. The number of piperidine rings is 1. The van der Waals surface area contributed by atoms with Crippen LogP contribution in [0.5, 0.6) is 0 Å². The quantitative estimate of drug-likeness (QED) is 0.831. The van der Waals surface area contributed by atoms with Crippen molar-refractivity contribution < 1.29 is 0 Å². The van der Waals surface area contributed by atoms with Crippen LogP contribution in [-0.4, -0.2) is 23.3 Å². The van der Waals surface area contributed by atoms with Crippen LogP contribution in [0.3, 0.4) is 0 Å². The Balaban J connectivity index is 1.92. The minimum atomic E-state index is 0.574. The molecule has 1 aromatic carbocycles. The molecule has 3 heteroatoms. The second-order valence-corrected chi connectivity index (χ2v) is 5.03. The SMILES string of the molecule is CC(c1[nH]nc2ccccc12)C1CCNCC1. The fourth-order valence-electron chi connectivity index (χ4n) is 2.91. The molecule has 17 heavy (non-hydrogen) atoms. The van der Waals surface area contributed by atoms with Crippen LogP contribution in [0.1, 0.15) is 31.4 Å².